The fourth-order valence-corrected chi connectivity index (χ4v) is 2.04. The first kappa shape index (κ1) is 14.7. The molecule has 1 aromatic heterocycles. The highest BCUT2D eigenvalue weighted by molar-refractivity contribution is 7.91. The molecule has 0 aliphatic heterocycles. The number of aryl methyl sites for hydroxylation is 1. The van der Waals surface area contributed by atoms with Crippen LogP contribution < -0.4 is 10.6 Å². The van der Waals surface area contributed by atoms with E-state index in [1.807, 2.05) is 13.8 Å². The summed E-state index contributed by atoms with van der Waals surface area (Å²) in [4.78, 5) is 8.40. The number of hydrogen-bond donors (Lipinski definition) is 2. The van der Waals surface area contributed by atoms with E-state index in [2.05, 4.69) is 20.6 Å². The number of sulfone groups is 1. The molecular weight excluding hydrogens is 252 g/mol. The van der Waals surface area contributed by atoms with Crippen LogP contribution in [0.4, 0.5) is 11.8 Å². The average Bonchev–Trinajstić information content (AvgIpc) is 2.33. The molecule has 0 atom stereocenters. The molecule has 6 nitrogen and oxygen atoms in total. The molecule has 0 bridgehead atoms. The van der Waals surface area contributed by atoms with Gasteiger partial charge in [0, 0.05) is 30.6 Å². The number of nitrogens with one attached hydrogen (secondary N) is 2. The molecule has 2 N–H and O–H groups in total. The molecule has 0 aliphatic carbocycles. The Morgan fingerprint density at radius 1 is 1.28 bits per heavy atom. The standard InChI is InChI=1S/C11H20N4O2S/c1-4-12-11-14-8-9(3)10(15-11)13-6-7-18(16,17)5-2/h8H,4-7H2,1-3H3,(H2,12,13,14,15). The van der Waals surface area contributed by atoms with Gasteiger partial charge in [-0.2, -0.15) is 4.98 Å². The summed E-state index contributed by atoms with van der Waals surface area (Å²) < 4.78 is 22.7. The molecule has 0 unspecified atom stereocenters. The molecule has 0 amide bonds. The van der Waals surface area contributed by atoms with Crippen molar-refractivity contribution in [3.63, 3.8) is 0 Å². The highest BCUT2D eigenvalue weighted by Crippen LogP contribution is 2.12. The predicted molar refractivity (Wildman–Crippen MR) is 73.8 cm³/mol. The smallest absolute Gasteiger partial charge is 0.224 e. The second kappa shape index (κ2) is 6.53. The van der Waals surface area contributed by atoms with E-state index in [4.69, 9.17) is 0 Å². The van der Waals surface area contributed by atoms with Gasteiger partial charge in [0.05, 0.1) is 5.75 Å². The molecule has 0 radical (unpaired) electrons. The maximum Gasteiger partial charge on any atom is 0.224 e. The minimum absolute atomic E-state index is 0.115. The van der Waals surface area contributed by atoms with Crippen molar-refractivity contribution in [2.24, 2.45) is 0 Å². The molecule has 0 saturated carbocycles. The Labute approximate surface area is 108 Å². The fraction of sp³-hybridized carbons (Fsp3) is 0.636. The van der Waals surface area contributed by atoms with E-state index in [-0.39, 0.29) is 11.5 Å². The van der Waals surface area contributed by atoms with E-state index in [0.29, 0.717) is 18.3 Å². The van der Waals surface area contributed by atoms with Gasteiger partial charge in [0.25, 0.3) is 0 Å². The lowest BCUT2D eigenvalue weighted by Gasteiger charge is -2.10. The third kappa shape index (κ3) is 4.48. The second-order valence-electron chi connectivity index (χ2n) is 3.92. The van der Waals surface area contributed by atoms with Gasteiger partial charge in [-0.15, -0.1) is 0 Å². The van der Waals surface area contributed by atoms with Crippen LogP contribution in [-0.2, 0) is 9.84 Å². The van der Waals surface area contributed by atoms with Gasteiger partial charge in [-0.3, -0.25) is 0 Å². The minimum atomic E-state index is -2.94. The Morgan fingerprint density at radius 3 is 2.61 bits per heavy atom. The van der Waals surface area contributed by atoms with E-state index in [9.17, 15) is 8.42 Å². The Balaban J connectivity index is 2.64. The Morgan fingerprint density at radius 2 is 2.00 bits per heavy atom. The zero-order valence-corrected chi connectivity index (χ0v) is 11.8. The average molecular weight is 272 g/mol. The van der Waals surface area contributed by atoms with Gasteiger partial charge < -0.3 is 10.6 Å². The SMILES string of the molecule is CCNc1ncc(C)c(NCCS(=O)(=O)CC)n1. The number of hydrogen-bond acceptors (Lipinski definition) is 6. The highest BCUT2D eigenvalue weighted by Gasteiger charge is 2.08. The fourth-order valence-electron chi connectivity index (χ4n) is 1.33. The summed E-state index contributed by atoms with van der Waals surface area (Å²) >= 11 is 0. The van der Waals surface area contributed by atoms with E-state index in [1.165, 1.54) is 0 Å². The lowest BCUT2D eigenvalue weighted by atomic mass is 10.3. The van der Waals surface area contributed by atoms with Gasteiger partial charge >= 0.3 is 0 Å². The van der Waals surface area contributed by atoms with Crippen LogP contribution in [0.2, 0.25) is 0 Å². The third-order valence-corrected chi connectivity index (χ3v) is 4.16. The third-order valence-electron chi connectivity index (χ3n) is 2.45. The van der Waals surface area contributed by atoms with Gasteiger partial charge in [-0.25, -0.2) is 13.4 Å². The molecule has 1 heterocycles. The van der Waals surface area contributed by atoms with Gasteiger partial charge in [0.2, 0.25) is 5.95 Å². The van der Waals surface area contributed by atoms with E-state index < -0.39 is 9.84 Å². The van der Waals surface area contributed by atoms with E-state index in [0.717, 1.165) is 12.1 Å². The van der Waals surface area contributed by atoms with E-state index in [1.54, 1.807) is 13.1 Å². The molecule has 1 aromatic rings. The molecule has 0 spiro atoms. The monoisotopic (exact) mass is 272 g/mol. The molecule has 18 heavy (non-hydrogen) atoms. The lowest BCUT2D eigenvalue weighted by molar-refractivity contribution is 0.597. The molecular formula is C11H20N4O2S. The molecule has 1 rings (SSSR count). The summed E-state index contributed by atoms with van der Waals surface area (Å²) in [7, 11) is -2.94. The molecule has 0 saturated heterocycles. The summed E-state index contributed by atoms with van der Waals surface area (Å²) in [6.07, 6.45) is 1.71. The van der Waals surface area contributed by atoms with Crippen molar-refractivity contribution in [3.8, 4) is 0 Å². The maximum absolute atomic E-state index is 11.4. The summed E-state index contributed by atoms with van der Waals surface area (Å²) in [5.74, 6) is 1.50. The maximum atomic E-state index is 11.4. The normalized spacial score (nSPS) is 11.3. The quantitative estimate of drug-likeness (QED) is 0.772. The van der Waals surface area contributed by atoms with Crippen molar-refractivity contribution in [2.75, 3.05) is 35.2 Å². The zero-order chi connectivity index (χ0) is 13.6. The first-order chi connectivity index (χ1) is 8.48. The molecule has 7 heteroatoms. The Hall–Kier alpha value is -1.37. The Bertz CT molecular complexity index is 488. The van der Waals surface area contributed by atoms with Gasteiger partial charge in [0.1, 0.15) is 5.82 Å². The van der Waals surface area contributed by atoms with Crippen LogP contribution in [0.3, 0.4) is 0 Å². The lowest BCUT2D eigenvalue weighted by Crippen LogP contribution is -2.18. The molecule has 102 valence electrons. The van der Waals surface area contributed by atoms with Crippen molar-refractivity contribution in [3.05, 3.63) is 11.8 Å². The van der Waals surface area contributed by atoms with Crippen molar-refractivity contribution < 1.29 is 8.42 Å². The van der Waals surface area contributed by atoms with E-state index >= 15 is 0 Å². The summed E-state index contributed by atoms with van der Waals surface area (Å²) in [6.45, 7) is 6.59. The summed E-state index contributed by atoms with van der Waals surface area (Å²) in [6, 6.07) is 0. The second-order valence-corrected chi connectivity index (χ2v) is 6.39. The van der Waals surface area contributed by atoms with Crippen LogP contribution in [0.1, 0.15) is 19.4 Å². The summed E-state index contributed by atoms with van der Waals surface area (Å²) in [5, 5.41) is 6.04. The predicted octanol–water partition coefficient (Wildman–Crippen LogP) is 1.06. The van der Waals surface area contributed by atoms with Crippen molar-refractivity contribution >= 4 is 21.6 Å². The van der Waals surface area contributed by atoms with Gasteiger partial charge in [-0.1, -0.05) is 6.92 Å². The minimum Gasteiger partial charge on any atom is -0.369 e. The number of aromatic nitrogens is 2. The number of anilines is 2. The topological polar surface area (TPSA) is 84.0 Å². The van der Waals surface area contributed by atoms with Crippen LogP contribution in [-0.4, -0.2) is 43.0 Å². The Kier molecular flexibility index (Phi) is 5.33. The summed E-state index contributed by atoms with van der Waals surface area (Å²) in [5.41, 5.74) is 0.894. The molecule has 0 fully saturated rings. The molecule has 0 aliphatic rings. The van der Waals surface area contributed by atoms with Crippen LogP contribution in [0.15, 0.2) is 6.20 Å². The van der Waals surface area contributed by atoms with Crippen LogP contribution in [0.25, 0.3) is 0 Å². The zero-order valence-electron chi connectivity index (χ0n) is 11.0. The van der Waals surface area contributed by atoms with Crippen molar-refractivity contribution in [2.45, 2.75) is 20.8 Å². The number of nitrogens with zero attached hydrogens (tertiary/aromatic N) is 2. The number of rotatable bonds is 7. The highest BCUT2D eigenvalue weighted by atomic mass is 32.2. The van der Waals surface area contributed by atoms with Gasteiger partial charge in [-0.05, 0) is 13.8 Å². The van der Waals surface area contributed by atoms with Gasteiger partial charge in [0.15, 0.2) is 9.84 Å². The first-order valence-corrected chi connectivity index (χ1v) is 7.82. The van der Waals surface area contributed by atoms with Crippen LogP contribution in [0.5, 0.6) is 0 Å². The van der Waals surface area contributed by atoms with Crippen LogP contribution in [0, 0.1) is 6.92 Å². The molecule has 0 aromatic carbocycles. The van der Waals surface area contributed by atoms with Crippen molar-refractivity contribution in [1.29, 1.82) is 0 Å². The largest absolute Gasteiger partial charge is 0.369 e. The van der Waals surface area contributed by atoms with Crippen LogP contribution >= 0.6 is 0 Å². The van der Waals surface area contributed by atoms with Crippen molar-refractivity contribution in [1.82, 2.24) is 9.97 Å². The first-order valence-electron chi connectivity index (χ1n) is 6.00.